The van der Waals surface area contributed by atoms with Gasteiger partial charge in [-0.3, -0.25) is 4.79 Å². The summed E-state index contributed by atoms with van der Waals surface area (Å²) in [4.78, 5) is 12.1. The maximum Gasteiger partial charge on any atom is 0.312 e. The fraction of sp³-hybridized carbons (Fsp3) is 0.786. The largest absolute Gasteiger partial charge is 0.461 e. The highest BCUT2D eigenvalue weighted by atomic mass is 16.5. The lowest BCUT2D eigenvalue weighted by Crippen LogP contribution is -2.35. The second kappa shape index (κ2) is 6.72. The number of ether oxygens (including phenoxy) is 1. The zero-order valence-corrected chi connectivity index (χ0v) is 10.5. The van der Waals surface area contributed by atoms with Crippen LogP contribution in [0.4, 0.5) is 0 Å². The van der Waals surface area contributed by atoms with Crippen molar-refractivity contribution in [2.45, 2.75) is 58.3 Å². The minimum atomic E-state index is -0.169. The molecule has 0 atom stereocenters. The number of esters is 1. The van der Waals surface area contributed by atoms with Gasteiger partial charge in [0.15, 0.2) is 0 Å². The molecule has 0 aromatic heterocycles. The van der Waals surface area contributed by atoms with Gasteiger partial charge in [-0.25, -0.2) is 0 Å². The van der Waals surface area contributed by atoms with Crippen LogP contribution in [0.15, 0.2) is 12.7 Å². The Balaban J connectivity index is 2.60. The summed E-state index contributed by atoms with van der Waals surface area (Å²) in [5, 5.41) is 0. The molecule has 0 saturated heterocycles. The minimum Gasteiger partial charge on any atom is -0.461 e. The molecule has 92 valence electrons. The van der Waals surface area contributed by atoms with Gasteiger partial charge in [-0.05, 0) is 19.3 Å². The van der Waals surface area contributed by atoms with Crippen LogP contribution in [0.25, 0.3) is 0 Å². The molecule has 0 unspecified atom stereocenters. The average Bonchev–Trinajstić information content (AvgIpc) is 2.34. The van der Waals surface area contributed by atoms with E-state index in [-0.39, 0.29) is 11.4 Å². The molecular formula is C14H24O2. The van der Waals surface area contributed by atoms with Crippen LogP contribution in [0.1, 0.15) is 58.3 Å². The Morgan fingerprint density at radius 1 is 1.38 bits per heavy atom. The first-order chi connectivity index (χ1) is 7.75. The lowest BCUT2D eigenvalue weighted by Gasteiger charge is -2.34. The zero-order chi connectivity index (χ0) is 11.9. The third-order valence-electron chi connectivity index (χ3n) is 3.58. The fourth-order valence-corrected chi connectivity index (χ4v) is 2.59. The number of carbonyl (C=O) groups excluding carboxylic acids is 1. The Morgan fingerprint density at radius 3 is 2.62 bits per heavy atom. The molecule has 0 spiro atoms. The lowest BCUT2D eigenvalue weighted by atomic mass is 9.71. The van der Waals surface area contributed by atoms with Gasteiger partial charge < -0.3 is 4.74 Å². The molecule has 0 N–H and O–H groups in total. The van der Waals surface area contributed by atoms with Crippen LogP contribution in [0.5, 0.6) is 0 Å². The second-order valence-corrected chi connectivity index (χ2v) is 4.83. The molecule has 0 aliphatic heterocycles. The van der Waals surface area contributed by atoms with E-state index in [2.05, 4.69) is 13.5 Å². The van der Waals surface area contributed by atoms with Crippen LogP contribution >= 0.6 is 0 Å². The summed E-state index contributed by atoms with van der Waals surface area (Å²) in [5.41, 5.74) is -0.169. The van der Waals surface area contributed by atoms with Gasteiger partial charge in [0, 0.05) is 0 Å². The quantitative estimate of drug-likeness (QED) is 0.506. The van der Waals surface area contributed by atoms with E-state index >= 15 is 0 Å². The molecule has 0 radical (unpaired) electrons. The van der Waals surface area contributed by atoms with E-state index in [1.807, 2.05) is 0 Å². The first kappa shape index (κ1) is 13.3. The Hall–Kier alpha value is -0.790. The van der Waals surface area contributed by atoms with Gasteiger partial charge >= 0.3 is 5.97 Å². The normalized spacial score (nSPS) is 19.1. The first-order valence-corrected chi connectivity index (χ1v) is 6.53. The molecule has 2 nitrogen and oxygen atoms in total. The Bertz CT molecular complexity index is 227. The molecule has 2 heteroatoms. The van der Waals surface area contributed by atoms with Crippen molar-refractivity contribution in [2.75, 3.05) is 6.61 Å². The monoisotopic (exact) mass is 224 g/mol. The van der Waals surface area contributed by atoms with Crippen LogP contribution in [-0.4, -0.2) is 12.6 Å². The van der Waals surface area contributed by atoms with E-state index in [1.165, 1.54) is 19.3 Å². The highest BCUT2D eigenvalue weighted by Crippen LogP contribution is 2.41. The van der Waals surface area contributed by atoms with Gasteiger partial charge in [0.2, 0.25) is 0 Å². The van der Waals surface area contributed by atoms with Crippen LogP contribution in [0.3, 0.4) is 0 Å². The third kappa shape index (κ3) is 3.36. The SMILES string of the molecule is C=CCOC(=O)C1(CCCC)CCCCC1. The zero-order valence-electron chi connectivity index (χ0n) is 10.5. The van der Waals surface area contributed by atoms with Crippen molar-refractivity contribution in [1.29, 1.82) is 0 Å². The molecular weight excluding hydrogens is 200 g/mol. The summed E-state index contributed by atoms with van der Waals surface area (Å²) >= 11 is 0. The maximum atomic E-state index is 12.1. The summed E-state index contributed by atoms with van der Waals surface area (Å²) < 4.78 is 5.27. The summed E-state index contributed by atoms with van der Waals surface area (Å²) in [6.45, 7) is 6.11. The number of hydrogen-bond acceptors (Lipinski definition) is 2. The topological polar surface area (TPSA) is 26.3 Å². The summed E-state index contributed by atoms with van der Waals surface area (Å²) in [6.07, 6.45) is 10.6. The summed E-state index contributed by atoms with van der Waals surface area (Å²) in [5.74, 6) is 0.0144. The first-order valence-electron chi connectivity index (χ1n) is 6.53. The molecule has 0 aromatic rings. The average molecular weight is 224 g/mol. The predicted molar refractivity (Wildman–Crippen MR) is 66.2 cm³/mol. The van der Waals surface area contributed by atoms with Gasteiger partial charge in [0.25, 0.3) is 0 Å². The molecule has 0 bridgehead atoms. The molecule has 1 fully saturated rings. The van der Waals surface area contributed by atoms with E-state index in [9.17, 15) is 4.79 Å². The number of hydrogen-bond donors (Lipinski definition) is 0. The fourth-order valence-electron chi connectivity index (χ4n) is 2.59. The van der Waals surface area contributed by atoms with Gasteiger partial charge in [-0.1, -0.05) is 51.7 Å². The van der Waals surface area contributed by atoms with Crippen LogP contribution < -0.4 is 0 Å². The molecule has 16 heavy (non-hydrogen) atoms. The Kier molecular flexibility index (Phi) is 5.58. The molecule has 0 amide bonds. The molecule has 1 aliphatic carbocycles. The van der Waals surface area contributed by atoms with Crippen molar-refractivity contribution in [3.05, 3.63) is 12.7 Å². The molecule has 1 saturated carbocycles. The smallest absolute Gasteiger partial charge is 0.312 e. The molecule has 0 aromatic carbocycles. The van der Waals surface area contributed by atoms with Crippen molar-refractivity contribution >= 4 is 5.97 Å². The number of unbranched alkanes of at least 4 members (excludes halogenated alkanes) is 1. The van der Waals surface area contributed by atoms with Crippen molar-refractivity contribution in [2.24, 2.45) is 5.41 Å². The molecule has 1 rings (SSSR count). The Morgan fingerprint density at radius 2 is 2.06 bits per heavy atom. The minimum absolute atomic E-state index is 0.0144. The van der Waals surface area contributed by atoms with Crippen molar-refractivity contribution < 1.29 is 9.53 Å². The van der Waals surface area contributed by atoms with Gasteiger partial charge in [0.05, 0.1) is 5.41 Å². The lowest BCUT2D eigenvalue weighted by molar-refractivity contribution is -0.157. The van der Waals surface area contributed by atoms with E-state index in [1.54, 1.807) is 6.08 Å². The number of rotatable bonds is 6. The second-order valence-electron chi connectivity index (χ2n) is 4.83. The van der Waals surface area contributed by atoms with Crippen molar-refractivity contribution in [1.82, 2.24) is 0 Å². The highest BCUT2D eigenvalue weighted by molar-refractivity contribution is 5.77. The van der Waals surface area contributed by atoms with Gasteiger partial charge in [-0.15, -0.1) is 0 Å². The van der Waals surface area contributed by atoms with E-state index in [4.69, 9.17) is 4.74 Å². The third-order valence-corrected chi connectivity index (χ3v) is 3.58. The van der Waals surface area contributed by atoms with Crippen molar-refractivity contribution in [3.63, 3.8) is 0 Å². The van der Waals surface area contributed by atoms with Crippen molar-refractivity contribution in [3.8, 4) is 0 Å². The van der Waals surface area contributed by atoms with Crippen LogP contribution in [0.2, 0.25) is 0 Å². The molecule has 1 aliphatic rings. The summed E-state index contributed by atoms with van der Waals surface area (Å²) in [6, 6.07) is 0. The van der Waals surface area contributed by atoms with Crippen LogP contribution in [-0.2, 0) is 9.53 Å². The Labute approximate surface area is 99.1 Å². The summed E-state index contributed by atoms with van der Waals surface area (Å²) in [7, 11) is 0. The predicted octanol–water partition coefficient (Wildman–Crippen LogP) is 3.86. The highest BCUT2D eigenvalue weighted by Gasteiger charge is 2.39. The van der Waals surface area contributed by atoms with E-state index in [0.717, 1.165) is 32.1 Å². The number of carbonyl (C=O) groups is 1. The standard InChI is InChI=1S/C14H24O2/c1-3-5-9-14(10-7-6-8-11-14)13(15)16-12-4-2/h4H,2-3,5-12H2,1H3. The van der Waals surface area contributed by atoms with E-state index < -0.39 is 0 Å². The van der Waals surface area contributed by atoms with E-state index in [0.29, 0.717) is 6.61 Å². The molecule has 0 heterocycles. The van der Waals surface area contributed by atoms with Crippen LogP contribution in [0, 0.1) is 5.41 Å². The van der Waals surface area contributed by atoms with Gasteiger partial charge in [-0.2, -0.15) is 0 Å². The maximum absolute atomic E-state index is 12.1. The van der Waals surface area contributed by atoms with Gasteiger partial charge in [0.1, 0.15) is 6.61 Å².